The molecule has 2 fully saturated rings. The fourth-order valence-corrected chi connectivity index (χ4v) is 10.5. The van der Waals surface area contributed by atoms with E-state index in [0.717, 1.165) is 35.0 Å². The molecule has 0 saturated heterocycles. The largest absolute Gasteiger partial charge is 0.465 e. The molecule has 0 radical (unpaired) electrons. The van der Waals surface area contributed by atoms with Crippen LogP contribution in [0.25, 0.3) is 4.85 Å². The highest BCUT2D eigenvalue weighted by molar-refractivity contribution is 8.03. The Balaban J connectivity index is 0.885. The van der Waals surface area contributed by atoms with Crippen LogP contribution in [-0.4, -0.2) is 111 Å². The first-order valence-electron chi connectivity index (χ1n) is 29.3. The number of esters is 10. The van der Waals surface area contributed by atoms with Gasteiger partial charge >= 0.3 is 59.7 Å². The van der Waals surface area contributed by atoms with Crippen molar-refractivity contribution in [1.82, 2.24) is 0 Å². The summed E-state index contributed by atoms with van der Waals surface area (Å²) in [6.45, 7) is 19.0. The van der Waals surface area contributed by atoms with Gasteiger partial charge in [-0.05, 0) is 120 Å². The van der Waals surface area contributed by atoms with E-state index in [-0.39, 0.29) is 86.6 Å². The van der Waals surface area contributed by atoms with Crippen molar-refractivity contribution in [2.24, 2.45) is 23.7 Å². The fourth-order valence-electron chi connectivity index (χ4n) is 9.48. The molecular formula is C65H71N3O21S. The lowest BCUT2D eigenvalue weighted by atomic mass is 9.82. The van der Waals surface area contributed by atoms with Gasteiger partial charge in [0.05, 0.1) is 103 Å². The Morgan fingerprint density at radius 2 is 0.944 bits per heavy atom. The number of thioether (sulfide) groups is 1. The van der Waals surface area contributed by atoms with E-state index in [1.807, 2.05) is 6.07 Å². The van der Waals surface area contributed by atoms with Crippen LogP contribution >= 0.6 is 11.8 Å². The van der Waals surface area contributed by atoms with E-state index >= 15 is 0 Å². The number of carbonyl (C=O) groups is 10. The van der Waals surface area contributed by atoms with Gasteiger partial charge in [0.2, 0.25) is 0 Å². The second-order valence-corrected chi connectivity index (χ2v) is 22.3. The summed E-state index contributed by atoms with van der Waals surface area (Å²) in [5.41, 5.74) is 1.57. The van der Waals surface area contributed by atoms with Gasteiger partial charge < -0.3 is 57.4 Å². The Kier molecular flexibility index (Phi) is 27.6. The van der Waals surface area contributed by atoms with Crippen molar-refractivity contribution in [3.8, 4) is 29.1 Å². The van der Waals surface area contributed by atoms with Gasteiger partial charge in [0.25, 0.3) is 5.70 Å². The molecule has 1 aliphatic heterocycles. The van der Waals surface area contributed by atoms with E-state index in [9.17, 15) is 53.2 Å². The summed E-state index contributed by atoms with van der Waals surface area (Å²) in [7, 11) is 0. The third-order valence-corrected chi connectivity index (χ3v) is 15.5. The standard InChI is InChI=1S/C65H71N3O21S/c1-7-53(69)81-36-39(3)84-40(4)37-83-57(73)28-27-55(71)79-33-31-42-9-21-48(22-10-42)86-62(75)44-13-17-46(18-14-44)64(77)88-51-25-26-52(60-59(51)68-61(90-60)50(35-66)67-6)89-65(78)47-19-15-45(16-20-47)63(76)87-49-23-11-43(12-24-49)32-34-80-56(72)29-30-58(74)85-41(5)38-82-54(70)8-2/h7-12,21-26,39-41,44-47,68H,1-2,13-20,27-34,36-38H2,3-5H3/b61-50-. The van der Waals surface area contributed by atoms with Crippen molar-refractivity contribution in [1.29, 1.82) is 5.26 Å². The molecule has 3 aromatic carbocycles. The van der Waals surface area contributed by atoms with Crippen molar-refractivity contribution in [3.05, 3.63) is 119 Å². The topological polar surface area (TPSA) is 312 Å². The molecule has 2 saturated carbocycles. The molecule has 24 nitrogen and oxygen atoms in total. The Bertz CT molecular complexity index is 3210. The van der Waals surface area contributed by atoms with Crippen LogP contribution in [0.2, 0.25) is 0 Å². The van der Waals surface area contributed by atoms with Crippen molar-refractivity contribution in [2.75, 3.05) is 38.4 Å². The van der Waals surface area contributed by atoms with E-state index in [0.29, 0.717) is 80.6 Å². The van der Waals surface area contributed by atoms with Crippen LogP contribution in [0, 0.1) is 41.6 Å². The molecule has 3 aromatic rings. The summed E-state index contributed by atoms with van der Waals surface area (Å²) in [4.78, 5) is 128. The summed E-state index contributed by atoms with van der Waals surface area (Å²) in [6.07, 6.45) is 3.09. The summed E-state index contributed by atoms with van der Waals surface area (Å²) < 4.78 is 59.3. The third kappa shape index (κ3) is 22.7. The quantitative estimate of drug-likeness (QED) is 0.0157. The molecule has 478 valence electrons. The van der Waals surface area contributed by atoms with Crippen LogP contribution < -0.4 is 24.3 Å². The van der Waals surface area contributed by atoms with Crippen molar-refractivity contribution >= 4 is 77.1 Å². The number of hydrogen-bond acceptors (Lipinski definition) is 24. The SMILES string of the molecule is [C-]#[N+]/C(C#N)=C1/Nc2c(OC(=O)C3CCC(C(=O)Oc4ccc(CCOC(=O)CCC(=O)OCC(C)OC(C)COC(=O)C=C)cc4)CC3)ccc(OC(=O)C3CCC(C(=O)Oc4ccc(CCOC(=O)CCC(=O)OC(C)COC(=O)C=C)cc4)CC3)c2S1. The van der Waals surface area contributed by atoms with Crippen LogP contribution in [-0.2, 0) is 93.9 Å². The molecule has 6 rings (SSSR count). The molecule has 2 aliphatic carbocycles. The van der Waals surface area contributed by atoms with E-state index < -0.39 is 102 Å². The van der Waals surface area contributed by atoms with Crippen LogP contribution in [0.1, 0.15) is 109 Å². The van der Waals surface area contributed by atoms with Gasteiger partial charge in [-0.3, -0.25) is 38.4 Å². The van der Waals surface area contributed by atoms with Crippen molar-refractivity contribution < 1.29 is 100 Å². The van der Waals surface area contributed by atoms with Crippen LogP contribution in [0.3, 0.4) is 0 Å². The first kappa shape index (κ1) is 69.8. The van der Waals surface area contributed by atoms with Crippen LogP contribution in [0.4, 0.5) is 5.69 Å². The number of anilines is 1. The maximum atomic E-state index is 13.7. The van der Waals surface area contributed by atoms with Crippen molar-refractivity contribution in [2.45, 2.75) is 134 Å². The fraction of sp³-hybridized carbons (Fsp3) is 0.446. The number of allylic oxidation sites excluding steroid dienone is 1. The molecule has 90 heavy (non-hydrogen) atoms. The second-order valence-electron chi connectivity index (χ2n) is 21.3. The molecular weight excluding hydrogens is 1190 g/mol. The number of carbonyl (C=O) groups excluding carboxylic acids is 10. The smallest absolute Gasteiger partial charge is 0.330 e. The predicted octanol–water partition coefficient (Wildman–Crippen LogP) is 8.91. The molecule has 3 unspecified atom stereocenters. The highest BCUT2D eigenvalue weighted by atomic mass is 32.2. The van der Waals surface area contributed by atoms with Crippen LogP contribution in [0.15, 0.2) is 102 Å². The van der Waals surface area contributed by atoms with Gasteiger partial charge in [0.1, 0.15) is 43.2 Å². The lowest BCUT2D eigenvalue weighted by Crippen LogP contribution is -2.30. The maximum Gasteiger partial charge on any atom is 0.330 e. The number of nitrogens with zero attached hydrogens (tertiary/aromatic N) is 2. The van der Waals surface area contributed by atoms with E-state index in [1.54, 1.807) is 69.3 Å². The Labute approximate surface area is 524 Å². The minimum atomic E-state index is -0.701. The lowest BCUT2D eigenvalue weighted by Gasteiger charge is -2.26. The van der Waals surface area contributed by atoms with E-state index in [4.69, 9.17) is 58.7 Å². The monoisotopic (exact) mass is 1260 g/mol. The number of fused-ring (bicyclic) bond motifs is 1. The minimum Gasteiger partial charge on any atom is -0.465 e. The van der Waals surface area contributed by atoms with Crippen molar-refractivity contribution in [3.63, 3.8) is 0 Å². The number of ether oxygens (including phenoxy) is 11. The average molecular weight is 1260 g/mol. The molecule has 0 spiro atoms. The zero-order valence-corrected chi connectivity index (χ0v) is 51.0. The molecule has 0 bridgehead atoms. The molecule has 25 heteroatoms. The maximum absolute atomic E-state index is 13.7. The van der Waals surface area contributed by atoms with Gasteiger partial charge in [-0.1, -0.05) is 49.2 Å². The van der Waals surface area contributed by atoms with Gasteiger partial charge in [0, 0.05) is 25.0 Å². The first-order chi connectivity index (χ1) is 43.2. The summed E-state index contributed by atoms with van der Waals surface area (Å²) >= 11 is 0.981. The van der Waals surface area contributed by atoms with Crippen LogP contribution in [0.5, 0.6) is 23.0 Å². The number of nitriles is 1. The normalized spacial score (nSPS) is 18.0. The molecule has 0 amide bonds. The Morgan fingerprint density at radius 1 is 0.556 bits per heavy atom. The summed E-state index contributed by atoms with van der Waals surface area (Å²) in [5, 5.41) is 12.9. The van der Waals surface area contributed by atoms with Gasteiger partial charge in [-0.2, -0.15) is 0 Å². The molecule has 1 heterocycles. The highest BCUT2D eigenvalue weighted by Crippen LogP contribution is 2.52. The number of benzene rings is 3. The Hall–Kier alpha value is -9.33. The number of nitrogens with one attached hydrogen (secondary N) is 1. The zero-order valence-electron chi connectivity index (χ0n) is 50.2. The Morgan fingerprint density at radius 3 is 1.38 bits per heavy atom. The van der Waals surface area contributed by atoms with E-state index in [1.165, 1.54) is 12.1 Å². The average Bonchev–Trinajstić information content (AvgIpc) is 1.87. The number of hydrogen-bond donors (Lipinski definition) is 1. The third-order valence-electron chi connectivity index (χ3n) is 14.4. The van der Waals surface area contributed by atoms with Gasteiger partial charge in [0.15, 0.2) is 5.75 Å². The summed E-state index contributed by atoms with van der Waals surface area (Å²) in [5.74, 6) is -6.92. The first-order valence-corrected chi connectivity index (χ1v) is 30.1. The lowest BCUT2D eigenvalue weighted by molar-refractivity contribution is -0.157. The highest BCUT2D eigenvalue weighted by Gasteiger charge is 2.37. The van der Waals surface area contributed by atoms with E-state index in [2.05, 4.69) is 23.3 Å². The van der Waals surface area contributed by atoms with Gasteiger partial charge in [-0.15, -0.1) is 0 Å². The molecule has 3 aliphatic rings. The molecule has 3 atom stereocenters. The summed E-state index contributed by atoms with van der Waals surface area (Å²) in [6, 6.07) is 18.2. The second kappa shape index (κ2) is 35.6. The predicted molar refractivity (Wildman–Crippen MR) is 318 cm³/mol. The zero-order chi connectivity index (χ0) is 65.1. The van der Waals surface area contributed by atoms with Gasteiger partial charge in [-0.25, -0.2) is 19.7 Å². The minimum absolute atomic E-state index is 0.0109. The molecule has 0 aromatic heterocycles. The molecule has 1 N–H and O–H groups in total. The number of rotatable bonds is 31.